The molecule has 1 heterocycles. The highest BCUT2D eigenvalue weighted by Gasteiger charge is 2.31. The van der Waals surface area contributed by atoms with Gasteiger partial charge in [-0.1, -0.05) is 18.2 Å². The molecule has 3 aromatic rings. The zero-order valence-electron chi connectivity index (χ0n) is 19.7. The summed E-state index contributed by atoms with van der Waals surface area (Å²) in [6.45, 7) is 3.61. The number of nitrogens with zero attached hydrogens (tertiary/aromatic N) is 1. The molecular formula is C26H24F3N3O4. The highest BCUT2D eigenvalue weighted by atomic mass is 19.4. The van der Waals surface area contributed by atoms with Crippen LogP contribution in [0.5, 0.6) is 0 Å². The van der Waals surface area contributed by atoms with Crippen molar-refractivity contribution >= 4 is 29.0 Å². The molecule has 188 valence electrons. The van der Waals surface area contributed by atoms with Crippen LogP contribution in [0.2, 0.25) is 0 Å². The quantitative estimate of drug-likeness (QED) is 0.312. The van der Waals surface area contributed by atoms with Gasteiger partial charge in [-0.05, 0) is 57.0 Å². The maximum absolute atomic E-state index is 13.1. The summed E-state index contributed by atoms with van der Waals surface area (Å²) in [4.78, 5) is 25.3. The SMILES string of the molecule is CCOC(=O)c1ccccc1NC(=O)c1oc2c(c1C)/C(=N/Nc1cccc(C(F)(F)F)c1)CCC2. The maximum atomic E-state index is 13.1. The van der Waals surface area contributed by atoms with Crippen molar-refractivity contribution in [1.82, 2.24) is 0 Å². The smallest absolute Gasteiger partial charge is 0.416 e. The third-order valence-corrected chi connectivity index (χ3v) is 5.71. The number of furan rings is 1. The molecule has 10 heteroatoms. The van der Waals surface area contributed by atoms with E-state index in [0.29, 0.717) is 41.9 Å². The lowest BCUT2D eigenvalue weighted by molar-refractivity contribution is -0.137. The van der Waals surface area contributed by atoms with Crippen molar-refractivity contribution in [3.8, 4) is 0 Å². The summed E-state index contributed by atoms with van der Waals surface area (Å²) in [6, 6.07) is 11.3. The predicted octanol–water partition coefficient (Wildman–Crippen LogP) is 6.19. The third-order valence-electron chi connectivity index (χ3n) is 5.71. The number of halogens is 3. The standard InChI is InChI=1S/C26H24F3N3O4/c1-3-35-25(34)18-10-4-5-11-19(18)30-24(33)23-15(2)22-20(12-7-13-21(22)36-23)32-31-17-9-6-8-16(14-17)26(27,28)29/h4-6,8-11,14,31H,3,7,12-13H2,1-2H3,(H,30,33)/b32-20+. The molecule has 36 heavy (non-hydrogen) atoms. The Labute approximate surface area is 205 Å². The van der Waals surface area contributed by atoms with Gasteiger partial charge in [0.1, 0.15) is 5.76 Å². The molecule has 0 atom stereocenters. The van der Waals surface area contributed by atoms with E-state index in [0.717, 1.165) is 12.1 Å². The number of ether oxygens (including phenoxy) is 1. The van der Waals surface area contributed by atoms with Crippen LogP contribution in [0.3, 0.4) is 0 Å². The van der Waals surface area contributed by atoms with Gasteiger partial charge in [0.25, 0.3) is 5.91 Å². The van der Waals surface area contributed by atoms with Crippen LogP contribution in [0.1, 0.15) is 63.1 Å². The van der Waals surface area contributed by atoms with Crippen LogP contribution in [-0.4, -0.2) is 24.2 Å². The van der Waals surface area contributed by atoms with Crippen molar-refractivity contribution in [3.05, 3.63) is 82.3 Å². The second kappa shape index (κ2) is 10.3. The highest BCUT2D eigenvalue weighted by molar-refractivity contribution is 6.11. The number of fused-ring (bicyclic) bond motifs is 1. The summed E-state index contributed by atoms with van der Waals surface area (Å²) in [5, 5.41) is 7.05. The zero-order valence-corrected chi connectivity index (χ0v) is 19.7. The number of hydrogen-bond acceptors (Lipinski definition) is 6. The first-order chi connectivity index (χ1) is 17.2. The lowest BCUT2D eigenvalue weighted by Crippen LogP contribution is -2.16. The minimum Gasteiger partial charge on any atom is -0.462 e. The summed E-state index contributed by atoms with van der Waals surface area (Å²) in [6.07, 6.45) is -2.61. The van der Waals surface area contributed by atoms with Gasteiger partial charge in [-0.15, -0.1) is 0 Å². The van der Waals surface area contributed by atoms with Crippen molar-refractivity contribution in [2.24, 2.45) is 5.10 Å². The number of para-hydroxylation sites is 1. The summed E-state index contributed by atoms with van der Waals surface area (Å²) < 4.78 is 50.0. The first-order valence-corrected chi connectivity index (χ1v) is 11.4. The van der Waals surface area contributed by atoms with E-state index in [1.807, 2.05) is 0 Å². The van der Waals surface area contributed by atoms with Gasteiger partial charge < -0.3 is 14.5 Å². The molecule has 2 aromatic carbocycles. The molecule has 0 bridgehead atoms. The van der Waals surface area contributed by atoms with E-state index in [4.69, 9.17) is 9.15 Å². The number of carbonyl (C=O) groups excluding carboxylic acids is 2. The normalized spacial score (nSPS) is 14.3. The second-order valence-electron chi connectivity index (χ2n) is 8.18. The van der Waals surface area contributed by atoms with E-state index in [9.17, 15) is 22.8 Å². The number of benzene rings is 2. The topological polar surface area (TPSA) is 92.9 Å². The lowest BCUT2D eigenvalue weighted by atomic mass is 9.93. The molecule has 1 aliphatic carbocycles. The van der Waals surface area contributed by atoms with E-state index in [-0.39, 0.29) is 29.3 Å². The molecule has 0 unspecified atom stereocenters. The van der Waals surface area contributed by atoms with Gasteiger partial charge in [0.15, 0.2) is 5.76 Å². The van der Waals surface area contributed by atoms with Gasteiger partial charge in [0.05, 0.1) is 34.8 Å². The van der Waals surface area contributed by atoms with E-state index < -0.39 is 23.6 Å². The van der Waals surface area contributed by atoms with Crippen LogP contribution < -0.4 is 10.7 Å². The number of amides is 1. The number of esters is 1. The van der Waals surface area contributed by atoms with Crippen LogP contribution in [0.15, 0.2) is 58.0 Å². The number of hydrazone groups is 1. The average Bonchev–Trinajstić information content (AvgIpc) is 3.20. The molecular weight excluding hydrogens is 475 g/mol. The second-order valence-corrected chi connectivity index (χ2v) is 8.18. The Bertz CT molecular complexity index is 1330. The minimum absolute atomic E-state index is 0.0762. The number of alkyl halides is 3. The molecule has 7 nitrogen and oxygen atoms in total. The molecule has 0 aliphatic heterocycles. The lowest BCUT2D eigenvalue weighted by Gasteiger charge is -2.14. The van der Waals surface area contributed by atoms with Crippen LogP contribution in [-0.2, 0) is 17.3 Å². The van der Waals surface area contributed by atoms with Gasteiger partial charge in [-0.25, -0.2) is 4.79 Å². The average molecular weight is 499 g/mol. The maximum Gasteiger partial charge on any atom is 0.416 e. The molecule has 0 saturated heterocycles. The number of aryl methyl sites for hydroxylation is 1. The van der Waals surface area contributed by atoms with Crippen molar-refractivity contribution in [3.63, 3.8) is 0 Å². The van der Waals surface area contributed by atoms with Crippen LogP contribution in [0.4, 0.5) is 24.5 Å². The van der Waals surface area contributed by atoms with Crippen molar-refractivity contribution in [1.29, 1.82) is 0 Å². The fraction of sp³-hybridized carbons (Fsp3) is 0.269. The molecule has 1 amide bonds. The highest BCUT2D eigenvalue weighted by Crippen LogP contribution is 2.32. The fourth-order valence-corrected chi connectivity index (χ4v) is 4.05. The summed E-state index contributed by atoms with van der Waals surface area (Å²) >= 11 is 0. The molecule has 0 spiro atoms. The van der Waals surface area contributed by atoms with Crippen LogP contribution in [0, 0.1) is 6.92 Å². The zero-order chi connectivity index (χ0) is 25.9. The molecule has 1 aromatic heterocycles. The summed E-state index contributed by atoms with van der Waals surface area (Å²) in [7, 11) is 0. The van der Waals surface area contributed by atoms with Gasteiger partial charge in [0, 0.05) is 17.5 Å². The van der Waals surface area contributed by atoms with Crippen molar-refractivity contribution in [2.45, 2.75) is 39.3 Å². The Hall–Kier alpha value is -4.08. The van der Waals surface area contributed by atoms with Crippen molar-refractivity contribution < 1.29 is 31.9 Å². The Morgan fingerprint density at radius 1 is 1.11 bits per heavy atom. The van der Waals surface area contributed by atoms with E-state index in [1.54, 1.807) is 38.1 Å². The molecule has 0 saturated carbocycles. The first-order valence-electron chi connectivity index (χ1n) is 11.4. The van der Waals surface area contributed by atoms with E-state index in [1.165, 1.54) is 12.1 Å². The molecule has 4 rings (SSSR count). The fourth-order valence-electron chi connectivity index (χ4n) is 4.05. The van der Waals surface area contributed by atoms with E-state index >= 15 is 0 Å². The number of hydrogen-bond donors (Lipinski definition) is 2. The summed E-state index contributed by atoms with van der Waals surface area (Å²) in [5.41, 5.74) is 4.41. The van der Waals surface area contributed by atoms with E-state index in [2.05, 4.69) is 15.8 Å². The first kappa shape index (κ1) is 25.0. The Kier molecular flexibility index (Phi) is 7.14. The Morgan fingerprint density at radius 2 is 1.89 bits per heavy atom. The molecule has 2 N–H and O–H groups in total. The number of nitrogens with one attached hydrogen (secondary N) is 2. The molecule has 1 aliphatic rings. The Balaban J connectivity index is 1.59. The van der Waals surface area contributed by atoms with Gasteiger partial charge in [-0.2, -0.15) is 18.3 Å². The molecule has 0 fully saturated rings. The van der Waals surface area contributed by atoms with Gasteiger partial charge in [-0.3, -0.25) is 10.2 Å². The van der Waals surface area contributed by atoms with Crippen molar-refractivity contribution in [2.75, 3.05) is 17.3 Å². The number of rotatable bonds is 6. The number of carbonyl (C=O) groups is 2. The monoisotopic (exact) mass is 499 g/mol. The van der Waals surface area contributed by atoms with Gasteiger partial charge >= 0.3 is 12.1 Å². The predicted molar refractivity (Wildman–Crippen MR) is 128 cm³/mol. The largest absolute Gasteiger partial charge is 0.462 e. The molecule has 0 radical (unpaired) electrons. The summed E-state index contributed by atoms with van der Waals surface area (Å²) in [5.74, 6) is -0.442. The van der Waals surface area contributed by atoms with Crippen LogP contribution >= 0.6 is 0 Å². The Morgan fingerprint density at radius 3 is 2.64 bits per heavy atom. The third kappa shape index (κ3) is 5.27. The van der Waals surface area contributed by atoms with Gasteiger partial charge in [0.2, 0.25) is 0 Å². The number of anilines is 2. The van der Waals surface area contributed by atoms with Crippen LogP contribution in [0.25, 0.3) is 0 Å². The minimum atomic E-state index is -4.46.